The summed E-state index contributed by atoms with van der Waals surface area (Å²) < 4.78 is 21.8. The molecule has 1 aromatic rings. The van der Waals surface area contributed by atoms with Crippen molar-refractivity contribution in [2.24, 2.45) is 0 Å². The van der Waals surface area contributed by atoms with Gasteiger partial charge in [0.1, 0.15) is 4.90 Å². The Morgan fingerprint density at radius 2 is 1.93 bits per heavy atom. The summed E-state index contributed by atoms with van der Waals surface area (Å²) in [7, 11) is 1.02. The molecule has 0 saturated heterocycles. The number of carboxylic acid groups (broad SMARTS) is 1. The monoisotopic (exact) mass is 254 g/mol. The van der Waals surface area contributed by atoms with Crippen molar-refractivity contribution in [3.63, 3.8) is 0 Å². The van der Waals surface area contributed by atoms with Gasteiger partial charge in [-0.15, -0.1) is 0 Å². The van der Waals surface area contributed by atoms with Crippen LogP contribution in [0, 0.1) is 0 Å². The maximum Gasteiger partial charge on any atom is 0.337 e. The maximum atomic E-state index is 10.9. The molecule has 14 heavy (non-hydrogen) atoms. The molecule has 0 heterocycles. The summed E-state index contributed by atoms with van der Waals surface area (Å²) in [4.78, 5) is 10.2. The van der Waals surface area contributed by atoms with E-state index in [0.29, 0.717) is 0 Å². The van der Waals surface area contributed by atoms with E-state index in [2.05, 4.69) is 0 Å². The molecule has 0 saturated carbocycles. The van der Waals surface area contributed by atoms with Crippen LogP contribution in [0.2, 0.25) is 5.02 Å². The van der Waals surface area contributed by atoms with Crippen LogP contribution in [0.3, 0.4) is 0 Å². The highest BCUT2D eigenvalue weighted by Gasteiger charge is 2.19. The van der Waals surface area contributed by atoms with E-state index in [1.807, 2.05) is 0 Å². The van der Waals surface area contributed by atoms with Crippen molar-refractivity contribution in [2.75, 3.05) is 0 Å². The zero-order chi connectivity index (χ0) is 10.9. The largest absolute Gasteiger partial charge is 0.478 e. The van der Waals surface area contributed by atoms with E-state index in [0.717, 1.165) is 6.07 Å². The molecular formula is C7H4Cl2O4S. The molecule has 7 heteroatoms. The van der Waals surface area contributed by atoms with Gasteiger partial charge in [0, 0.05) is 10.7 Å². The molecule has 76 valence electrons. The molecule has 0 radical (unpaired) electrons. The lowest BCUT2D eigenvalue weighted by atomic mass is 10.2. The first-order valence-corrected chi connectivity index (χ1v) is 5.99. The zero-order valence-corrected chi connectivity index (χ0v) is 8.90. The Kier molecular flexibility index (Phi) is 3.04. The van der Waals surface area contributed by atoms with E-state index in [-0.39, 0.29) is 10.6 Å². The van der Waals surface area contributed by atoms with E-state index in [1.165, 1.54) is 12.1 Å². The molecule has 0 spiro atoms. The molecule has 0 atom stereocenters. The van der Waals surface area contributed by atoms with Crippen LogP contribution < -0.4 is 0 Å². The topological polar surface area (TPSA) is 71.4 Å². The fourth-order valence-electron chi connectivity index (χ4n) is 0.864. The van der Waals surface area contributed by atoms with Gasteiger partial charge in [-0.05, 0) is 12.1 Å². The van der Waals surface area contributed by atoms with Gasteiger partial charge >= 0.3 is 5.97 Å². The molecule has 0 amide bonds. The first-order chi connectivity index (χ1) is 6.34. The number of hydrogen-bond acceptors (Lipinski definition) is 3. The van der Waals surface area contributed by atoms with Crippen LogP contribution >= 0.6 is 22.3 Å². The molecule has 0 aliphatic carbocycles. The van der Waals surface area contributed by atoms with Crippen molar-refractivity contribution in [1.29, 1.82) is 0 Å². The Morgan fingerprint density at radius 1 is 1.36 bits per heavy atom. The molecule has 0 aromatic heterocycles. The molecular weight excluding hydrogens is 251 g/mol. The van der Waals surface area contributed by atoms with Crippen LogP contribution in [-0.2, 0) is 9.05 Å². The van der Waals surface area contributed by atoms with E-state index in [4.69, 9.17) is 27.4 Å². The zero-order valence-electron chi connectivity index (χ0n) is 6.57. The minimum absolute atomic E-state index is 0.298. The smallest absolute Gasteiger partial charge is 0.337 e. The van der Waals surface area contributed by atoms with Gasteiger partial charge in [-0.1, -0.05) is 17.7 Å². The highest BCUT2D eigenvalue weighted by molar-refractivity contribution is 8.13. The van der Waals surface area contributed by atoms with Crippen molar-refractivity contribution in [3.05, 3.63) is 28.8 Å². The lowest BCUT2D eigenvalue weighted by Gasteiger charge is -2.02. The second kappa shape index (κ2) is 3.76. The SMILES string of the molecule is O=C(O)c1cccc(S(=O)(=O)Cl)c1Cl. The Morgan fingerprint density at radius 3 is 2.36 bits per heavy atom. The maximum absolute atomic E-state index is 10.9. The summed E-state index contributed by atoms with van der Waals surface area (Å²) >= 11 is 5.54. The second-order valence-corrected chi connectivity index (χ2v) is 5.27. The number of benzene rings is 1. The van der Waals surface area contributed by atoms with Crippen LogP contribution in [0.1, 0.15) is 10.4 Å². The first-order valence-electron chi connectivity index (χ1n) is 3.30. The average Bonchev–Trinajstić information content (AvgIpc) is 2.01. The molecule has 4 nitrogen and oxygen atoms in total. The normalized spacial score (nSPS) is 11.3. The molecule has 0 fully saturated rings. The molecule has 0 bridgehead atoms. The molecule has 1 N–H and O–H groups in total. The third-order valence-electron chi connectivity index (χ3n) is 1.46. The van der Waals surface area contributed by atoms with E-state index >= 15 is 0 Å². The highest BCUT2D eigenvalue weighted by atomic mass is 35.7. The number of halogens is 2. The minimum atomic E-state index is -4.01. The molecule has 1 aromatic carbocycles. The predicted octanol–water partition coefficient (Wildman–Crippen LogP) is 1.97. The lowest BCUT2D eigenvalue weighted by Crippen LogP contribution is -2.01. The summed E-state index contributed by atoms with van der Waals surface area (Å²) in [5, 5.41) is 8.25. The van der Waals surface area contributed by atoms with E-state index in [9.17, 15) is 13.2 Å². The minimum Gasteiger partial charge on any atom is -0.478 e. The van der Waals surface area contributed by atoms with Gasteiger partial charge in [-0.3, -0.25) is 0 Å². The molecule has 0 aliphatic heterocycles. The number of rotatable bonds is 2. The van der Waals surface area contributed by atoms with Gasteiger partial charge in [0.25, 0.3) is 9.05 Å². The second-order valence-electron chi connectivity index (χ2n) is 2.36. The number of hydrogen-bond donors (Lipinski definition) is 1. The lowest BCUT2D eigenvalue weighted by molar-refractivity contribution is 0.0697. The Hall–Kier alpha value is -0.780. The predicted molar refractivity (Wildman–Crippen MR) is 51.5 cm³/mol. The van der Waals surface area contributed by atoms with E-state index < -0.39 is 19.9 Å². The van der Waals surface area contributed by atoms with Gasteiger partial charge in [-0.25, -0.2) is 13.2 Å². The van der Waals surface area contributed by atoms with E-state index in [1.54, 1.807) is 0 Å². The summed E-state index contributed by atoms with van der Waals surface area (Å²) in [5.74, 6) is -1.31. The Bertz CT molecular complexity index is 480. The number of carbonyl (C=O) groups is 1. The standard InChI is InChI=1S/C7H4Cl2O4S/c8-6-4(7(10)11)2-1-3-5(6)14(9,12)13/h1-3H,(H,10,11). The van der Waals surface area contributed by atoms with Crippen LogP contribution in [0.15, 0.2) is 23.1 Å². The van der Waals surface area contributed by atoms with Crippen molar-refractivity contribution in [1.82, 2.24) is 0 Å². The Balaban J connectivity index is 3.51. The van der Waals surface area contributed by atoms with Crippen LogP contribution in [0.4, 0.5) is 0 Å². The van der Waals surface area contributed by atoms with Crippen molar-refractivity contribution in [2.45, 2.75) is 4.90 Å². The molecule has 0 aliphatic rings. The molecule has 1 rings (SSSR count). The van der Waals surface area contributed by atoms with Gasteiger partial charge in [0.05, 0.1) is 10.6 Å². The fraction of sp³-hybridized carbons (Fsp3) is 0. The summed E-state index contributed by atoms with van der Waals surface area (Å²) in [6.07, 6.45) is 0. The van der Waals surface area contributed by atoms with Gasteiger partial charge in [-0.2, -0.15) is 0 Å². The molecule has 0 unspecified atom stereocenters. The fourth-order valence-corrected chi connectivity index (χ4v) is 2.45. The number of carboxylic acids is 1. The average molecular weight is 255 g/mol. The quantitative estimate of drug-likeness (QED) is 0.820. The van der Waals surface area contributed by atoms with Crippen molar-refractivity contribution >= 4 is 37.3 Å². The summed E-state index contributed by atoms with van der Waals surface area (Å²) in [6, 6.07) is 3.58. The third kappa shape index (κ3) is 2.17. The van der Waals surface area contributed by atoms with Gasteiger partial charge in [0.15, 0.2) is 0 Å². The first kappa shape index (κ1) is 11.3. The van der Waals surface area contributed by atoms with Crippen molar-refractivity contribution < 1.29 is 18.3 Å². The van der Waals surface area contributed by atoms with Crippen LogP contribution in [0.25, 0.3) is 0 Å². The van der Waals surface area contributed by atoms with Crippen LogP contribution in [0.5, 0.6) is 0 Å². The summed E-state index contributed by atoms with van der Waals surface area (Å²) in [6.45, 7) is 0. The van der Waals surface area contributed by atoms with Gasteiger partial charge in [0.2, 0.25) is 0 Å². The highest BCUT2D eigenvalue weighted by Crippen LogP contribution is 2.27. The van der Waals surface area contributed by atoms with Crippen LogP contribution in [-0.4, -0.2) is 19.5 Å². The summed E-state index contributed by atoms with van der Waals surface area (Å²) in [5.41, 5.74) is -0.298. The Labute approximate surface area is 89.5 Å². The van der Waals surface area contributed by atoms with Crippen molar-refractivity contribution in [3.8, 4) is 0 Å². The van der Waals surface area contributed by atoms with Gasteiger partial charge < -0.3 is 5.11 Å². The third-order valence-corrected chi connectivity index (χ3v) is 3.34. The number of aromatic carboxylic acids is 1.